The summed E-state index contributed by atoms with van der Waals surface area (Å²) in [5.74, 6) is -1.22. The van der Waals surface area contributed by atoms with Crippen LogP contribution in [-0.2, 0) is 19.6 Å². The molecular formula is C15H22ClFN4O4S. The van der Waals surface area contributed by atoms with Crippen molar-refractivity contribution in [3.63, 3.8) is 0 Å². The van der Waals surface area contributed by atoms with Crippen LogP contribution in [0.1, 0.15) is 6.42 Å². The Morgan fingerprint density at radius 1 is 1.12 bits per heavy atom. The van der Waals surface area contributed by atoms with E-state index < -0.39 is 21.7 Å². The van der Waals surface area contributed by atoms with Crippen molar-refractivity contribution in [2.45, 2.75) is 11.3 Å². The Morgan fingerprint density at radius 3 is 2.38 bits per heavy atom. The van der Waals surface area contributed by atoms with Gasteiger partial charge in [0.15, 0.2) is 0 Å². The third-order valence-electron chi connectivity index (χ3n) is 3.88. The average Bonchev–Trinajstić information content (AvgIpc) is 2.86. The van der Waals surface area contributed by atoms with Crippen LogP contribution in [0.3, 0.4) is 0 Å². The van der Waals surface area contributed by atoms with E-state index in [-0.39, 0.29) is 55.9 Å². The lowest BCUT2D eigenvalue weighted by atomic mass is 10.3. The fourth-order valence-corrected chi connectivity index (χ4v) is 3.97. The fraction of sp³-hybridized carbons (Fsp3) is 0.467. The van der Waals surface area contributed by atoms with Gasteiger partial charge in [-0.3, -0.25) is 9.59 Å². The highest BCUT2D eigenvalue weighted by molar-refractivity contribution is 7.89. The largest absolute Gasteiger partial charge is 0.346 e. The molecule has 0 atom stereocenters. The molecule has 1 saturated heterocycles. The number of rotatable bonds is 5. The molecule has 2 amide bonds. The van der Waals surface area contributed by atoms with Crippen LogP contribution in [0.5, 0.6) is 0 Å². The third-order valence-corrected chi connectivity index (χ3v) is 5.79. The topological polar surface area (TPSA) is 113 Å². The zero-order valence-corrected chi connectivity index (χ0v) is 15.7. The van der Waals surface area contributed by atoms with Crippen molar-refractivity contribution in [1.29, 1.82) is 0 Å². The quantitative estimate of drug-likeness (QED) is 0.685. The van der Waals surface area contributed by atoms with Crippen LogP contribution in [-0.4, -0.2) is 68.7 Å². The van der Waals surface area contributed by atoms with E-state index in [0.29, 0.717) is 13.0 Å². The molecule has 1 heterocycles. The summed E-state index contributed by atoms with van der Waals surface area (Å²) in [5.41, 5.74) is 5.16. The molecule has 0 radical (unpaired) electrons. The van der Waals surface area contributed by atoms with Gasteiger partial charge in [-0.2, -0.15) is 4.31 Å². The summed E-state index contributed by atoms with van der Waals surface area (Å²) in [7, 11) is -3.74. The van der Waals surface area contributed by atoms with E-state index in [1.54, 1.807) is 0 Å². The van der Waals surface area contributed by atoms with Crippen LogP contribution in [0, 0.1) is 5.82 Å². The zero-order valence-electron chi connectivity index (χ0n) is 14.1. The van der Waals surface area contributed by atoms with Gasteiger partial charge in [0, 0.05) is 26.2 Å². The second kappa shape index (κ2) is 9.81. The molecule has 1 aromatic rings. The number of benzene rings is 1. The molecule has 0 aliphatic carbocycles. The van der Waals surface area contributed by atoms with Crippen LogP contribution < -0.4 is 11.1 Å². The van der Waals surface area contributed by atoms with Gasteiger partial charge in [-0.25, -0.2) is 12.8 Å². The van der Waals surface area contributed by atoms with Crippen molar-refractivity contribution in [1.82, 2.24) is 14.5 Å². The number of carbonyl (C=O) groups is 2. The van der Waals surface area contributed by atoms with E-state index in [9.17, 15) is 22.4 Å². The van der Waals surface area contributed by atoms with Crippen LogP contribution in [0.25, 0.3) is 0 Å². The SMILES string of the molecule is Cl.NCC(=O)NCC(=O)N1CCCN(S(=O)(=O)c2ccc(F)cc2)CC1. The highest BCUT2D eigenvalue weighted by Gasteiger charge is 2.28. The van der Waals surface area contributed by atoms with Crippen LogP contribution in [0.15, 0.2) is 29.2 Å². The molecule has 11 heteroatoms. The van der Waals surface area contributed by atoms with E-state index in [1.165, 1.54) is 21.3 Å². The van der Waals surface area contributed by atoms with Crippen molar-refractivity contribution >= 4 is 34.2 Å². The number of hydrogen-bond donors (Lipinski definition) is 2. The van der Waals surface area contributed by atoms with Crippen molar-refractivity contribution in [3.05, 3.63) is 30.1 Å². The minimum absolute atomic E-state index is 0. The lowest BCUT2D eigenvalue weighted by Crippen LogP contribution is -2.43. The second-order valence-corrected chi connectivity index (χ2v) is 7.51. The van der Waals surface area contributed by atoms with Gasteiger partial charge in [-0.05, 0) is 30.7 Å². The summed E-state index contributed by atoms with van der Waals surface area (Å²) in [6, 6.07) is 4.64. The van der Waals surface area contributed by atoms with E-state index in [2.05, 4.69) is 5.32 Å². The van der Waals surface area contributed by atoms with Crippen LogP contribution in [0.4, 0.5) is 4.39 Å². The van der Waals surface area contributed by atoms with E-state index >= 15 is 0 Å². The minimum atomic E-state index is -3.74. The van der Waals surface area contributed by atoms with Gasteiger partial charge in [0.1, 0.15) is 5.82 Å². The van der Waals surface area contributed by atoms with Crippen molar-refractivity contribution < 1.29 is 22.4 Å². The second-order valence-electron chi connectivity index (χ2n) is 5.57. The Bertz CT molecular complexity index is 730. The fourth-order valence-electron chi connectivity index (χ4n) is 2.50. The highest BCUT2D eigenvalue weighted by Crippen LogP contribution is 2.18. The molecule has 26 heavy (non-hydrogen) atoms. The van der Waals surface area contributed by atoms with Gasteiger partial charge in [-0.1, -0.05) is 0 Å². The molecule has 1 aliphatic heterocycles. The normalized spacial score (nSPS) is 15.7. The Labute approximate surface area is 158 Å². The van der Waals surface area contributed by atoms with E-state index in [1.807, 2.05) is 0 Å². The Morgan fingerprint density at radius 2 is 1.77 bits per heavy atom. The average molecular weight is 409 g/mol. The summed E-state index contributed by atoms with van der Waals surface area (Å²) in [6.45, 7) is 0.650. The first-order valence-corrected chi connectivity index (χ1v) is 9.29. The monoisotopic (exact) mass is 408 g/mol. The Balaban J connectivity index is 0.00000338. The van der Waals surface area contributed by atoms with Crippen LogP contribution >= 0.6 is 12.4 Å². The number of nitrogens with one attached hydrogen (secondary N) is 1. The zero-order chi connectivity index (χ0) is 18.4. The summed E-state index contributed by atoms with van der Waals surface area (Å²) >= 11 is 0. The van der Waals surface area contributed by atoms with E-state index in [4.69, 9.17) is 5.73 Å². The molecule has 1 fully saturated rings. The van der Waals surface area contributed by atoms with Gasteiger partial charge in [-0.15, -0.1) is 12.4 Å². The maximum atomic E-state index is 13.0. The maximum absolute atomic E-state index is 13.0. The number of carbonyl (C=O) groups excluding carboxylic acids is 2. The first kappa shape index (κ1) is 22.3. The first-order valence-electron chi connectivity index (χ1n) is 7.85. The maximum Gasteiger partial charge on any atom is 0.243 e. The van der Waals surface area contributed by atoms with Crippen molar-refractivity contribution in [3.8, 4) is 0 Å². The number of hydrogen-bond acceptors (Lipinski definition) is 5. The molecule has 2 rings (SSSR count). The summed E-state index contributed by atoms with van der Waals surface area (Å²) in [5, 5.41) is 2.40. The molecule has 8 nitrogen and oxygen atoms in total. The smallest absolute Gasteiger partial charge is 0.243 e. The summed E-state index contributed by atoms with van der Waals surface area (Å²) in [4.78, 5) is 24.7. The molecule has 1 aromatic carbocycles. The molecule has 0 bridgehead atoms. The lowest BCUT2D eigenvalue weighted by molar-refractivity contribution is -0.132. The molecule has 0 unspecified atom stereocenters. The van der Waals surface area contributed by atoms with Gasteiger partial charge < -0.3 is 16.0 Å². The molecule has 146 valence electrons. The molecule has 1 aliphatic rings. The summed E-state index contributed by atoms with van der Waals surface area (Å²) < 4.78 is 39.5. The minimum Gasteiger partial charge on any atom is -0.346 e. The molecule has 3 N–H and O–H groups in total. The van der Waals surface area contributed by atoms with Gasteiger partial charge in [0.05, 0.1) is 18.0 Å². The predicted octanol–water partition coefficient (Wildman–Crippen LogP) is -0.455. The van der Waals surface area contributed by atoms with Crippen molar-refractivity contribution in [2.24, 2.45) is 5.73 Å². The number of nitrogens with two attached hydrogens (primary N) is 1. The molecule has 0 spiro atoms. The van der Waals surface area contributed by atoms with Gasteiger partial charge in [0.2, 0.25) is 21.8 Å². The third kappa shape index (κ3) is 5.63. The lowest BCUT2D eigenvalue weighted by Gasteiger charge is -2.22. The number of amides is 2. The summed E-state index contributed by atoms with van der Waals surface area (Å²) in [6.07, 6.45) is 0.469. The molecule has 0 saturated carbocycles. The van der Waals surface area contributed by atoms with Gasteiger partial charge in [0.25, 0.3) is 0 Å². The van der Waals surface area contributed by atoms with Crippen molar-refractivity contribution in [2.75, 3.05) is 39.3 Å². The Hall–Kier alpha value is -1.75. The first-order chi connectivity index (χ1) is 11.8. The molecular weight excluding hydrogens is 387 g/mol. The standard InChI is InChI=1S/C15H21FN4O4S.ClH/c16-12-2-4-13(5-3-12)25(23,24)20-7-1-6-19(8-9-20)15(22)11-18-14(21)10-17;/h2-5H,1,6-11,17H2,(H,18,21);1H. The predicted molar refractivity (Wildman–Crippen MR) is 95.7 cm³/mol. The molecule has 0 aromatic heterocycles. The number of sulfonamides is 1. The Kier molecular flexibility index (Phi) is 8.41. The van der Waals surface area contributed by atoms with Gasteiger partial charge >= 0.3 is 0 Å². The van der Waals surface area contributed by atoms with E-state index in [0.717, 1.165) is 12.1 Å². The number of nitrogens with zero attached hydrogens (tertiary/aromatic N) is 2. The number of halogens is 2. The van der Waals surface area contributed by atoms with Crippen LogP contribution in [0.2, 0.25) is 0 Å². The highest BCUT2D eigenvalue weighted by atomic mass is 35.5.